The smallest absolute Gasteiger partial charge is 0.305 e. The van der Waals surface area contributed by atoms with Crippen molar-refractivity contribution in [3.8, 4) is 0 Å². The largest absolute Gasteiger partial charge is 0.466 e. The molecule has 0 radical (unpaired) electrons. The highest BCUT2D eigenvalue weighted by molar-refractivity contribution is 5.76. The van der Waals surface area contributed by atoms with Gasteiger partial charge in [-0.1, -0.05) is 358 Å². The fourth-order valence-corrected chi connectivity index (χ4v) is 11.8. The van der Waals surface area contributed by atoms with Crippen LogP contribution in [0.1, 0.15) is 412 Å². The second-order valence-electron chi connectivity index (χ2n) is 26.0. The molecule has 2 unspecified atom stereocenters. The van der Waals surface area contributed by atoms with E-state index in [0.717, 1.165) is 57.8 Å². The van der Waals surface area contributed by atoms with Crippen molar-refractivity contribution in [3.63, 3.8) is 0 Å². The normalized spacial score (nSPS) is 12.8. The van der Waals surface area contributed by atoms with E-state index < -0.39 is 12.1 Å². The molecule has 0 spiro atoms. The van der Waals surface area contributed by atoms with Crippen molar-refractivity contribution < 1.29 is 24.5 Å². The third kappa shape index (κ3) is 68.9. The molecular formula is C78H147NO5. The Morgan fingerprint density at radius 1 is 0.333 bits per heavy atom. The van der Waals surface area contributed by atoms with Crippen LogP contribution in [0.15, 0.2) is 48.6 Å². The average Bonchev–Trinajstić information content (AvgIpc) is 3.51. The summed E-state index contributed by atoms with van der Waals surface area (Å²) in [4.78, 5) is 24.6. The van der Waals surface area contributed by atoms with Crippen molar-refractivity contribution in [2.45, 2.75) is 424 Å². The van der Waals surface area contributed by atoms with Crippen molar-refractivity contribution in [1.82, 2.24) is 5.32 Å². The zero-order valence-electron chi connectivity index (χ0n) is 56.6. The molecule has 3 N–H and O–H groups in total. The number of nitrogens with one attached hydrogen (secondary N) is 1. The van der Waals surface area contributed by atoms with E-state index in [2.05, 4.69) is 67.8 Å². The summed E-state index contributed by atoms with van der Waals surface area (Å²) in [5.41, 5.74) is 0. The molecule has 2 atom stereocenters. The number of unbranched alkanes of at least 4 members (excludes halogenated alkanes) is 52. The maximum Gasteiger partial charge on any atom is 0.305 e. The van der Waals surface area contributed by atoms with Crippen LogP contribution in [0.2, 0.25) is 0 Å². The Morgan fingerprint density at radius 2 is 0.595 bits per heavy atom. The zero-order valence-corrected chi connectivity index (χ0v) is 56.6. The first kappa shape index (κ1) is 81.8. The number of aliphatic hydroxyl groups excluding tert-OH is 2. The van der Waals surface area contributed by atoms with Gasteiger partial charge in [-0.25, -0.2) is 0 Å². The molecule has 0 aliphatic carbocycles. The van der Waals surface area contributed by atoms with Gasteiger partial charge in [-0.2, -0.15) is 0 Å². The van der Waals surface area contributed by atoms with Gasteiger partial charge in [-0.05, 0) is 89.9 Å². The van der Waals surface area contributed by atoms with Crippen LogP contribution in [-0.4, -0.2) is 47.4 Å². The summed E-state index contributed by atoms with van der Waals surface area (Å²) in [5, 5.41) is 23.4. The predicted octanol–water partition coefficient (Wildman–Crippen LogP) is 24.8. The summed E-state index contributed by atoms with van der Waals surface area (Å²) >= 11 is 0. The molecule has 0 bridgehead atoms. The standard InChI is InChI=1S/C78H147NO5/c1-3-5-7-9-11-13-15-17-19-21-39-42-46-50-54-58-62-66-70-76(81)75(74-80)79-77(82)71-67-63-59-55-51-47-43-40-37-35-33-31-29-27-25-23-22-24-26-28-30-32-34-36-38-41-45-49-53-57-61-65-69-73-84-78(83)72-68-64-60-56-52-48-44-20-18-16-14-12-10-8-6-4-2/h14,16,20,26,28,32,34,44,75-76,80-81H,3-13,15,17-19,21-25,27,29-31,33,35-43,45-74H2,1-2H3,(H,79,82)/b16-14-,28-26-,34-32-,44-20-. The van der Waals surface area contributed by atoms with Gasteiger partial charge in [0.2, 0.25) is 5.91 Å². The number of allylic oxidation sites excluding steroid dienone is 8. The van der Waals surface area contributed by atoms with Gasteiger partial charge in [0.1, 0.15) is 0 Å². The van der Waals surface area contributed by atoms with Crippen molar-refractivity contribution in [2.75, 3.05) is 13.2 Å². The van der Waals surface area contributed by atoms with Gasteiger partial charge in [0.15, 0.2) is 0 Å². The second kappa shape index (κ2) is 73.3. The van der Waals surface area contributed by atoms with Crippen LogP contribution in [0.5, 0.6) is 0 Å². The summed E-state index contributed by atoms with van der Waals surface area (Å²) in [7, 11) is 0. The molecule has 0 saturated heterocycles. The summed E-state index contributed by atoms with van der Waals surface area (Å²) in [6.07, 6.45) is 96.1. The maximum atomic E-state index is 12.5. The van der Waals surface area contributed by atoms with Crippen LogP contribution < -0.4 is 5.32 Å². The molecule has 1 amide bonds. The molecule has 0 aliphatic heterocycles. The molecule has 0 rings (SSSR count). The highest BCUT2D eigenvalue weighted by atomic mass is 16.5. The Kier molecular flexibility index (Phi) is 71.4. The maximum absolute atomic E-state index is 12.5. The Balaban J connectivity index is 3.38. The van der Waals surface area contributed by atoms with Crippen molar-refractivity contribution in [3.05, 3.63) is 48.6 Å². The minimum Gasteiger partial charge on any atom is -0.466 e. The minimum absolute atomic E-state index is 0.000997. The Hall–Kier alpha value is -2.18. The predicted molar refractivity (Wildman–Crippen MR) is 370 cm³/mol. The van der Waals surface area contributed by atoms with Gasteiger partial charge in [-0.3, -0.25) is 9.59 Å². The van der Waals surface area contributed by atoms with Gasteiger partial charge in [-0.15, -0.1) is 0 Å². The fraction of sp³-hybridized carbons (Fsp3) is 0.872. The molecule has 494 valence electrons. The number of hydrogen-bond donors (Lipinski definition) is 3. The zero-order chi connectivity index (χ0) is 60.6. The Bertz CT molecular complexity index is 1400. The average molecular weight is 1180 g/mol. The van der Waals surface area contributed by atoms with E-state index in [0.29, 0.717) is 25.9 Å². The number of amides is 1. The molecule has 0 aliphatic rings. The van der Waals surface area contributed by atoms with Gasteiger partial charge >= 0.3 is 5.97 Å². The molecule has 0 heterocycles. The van der Waals surface area contributed by atoms with Gasteiger partial charge in [0.25, 0.3) is 0 Å². The highest BCUT2D eigenvalue weighted by Gasteiger charge is 2.20. The van der Waals surface area contributed by atoms with Gasteiger partial charge in [0, 0.05) is 12.8 Å². The van der Waals surface area contributed by atoms with E-state index in [4.69, 9.17) is 4.74 Å². The summed E-state index contributed by atoms with van der Waals surface area (Å²) in [6, 6.07) is -0.541. The Morgan fingerprint density at radius 3 is 0.917 bits per heavy atom. The van der Waals surface area contributed by atoms with Gasteiger partial charge < -0.3 is 20.3 Å². The molecular weight excluding hydrogens is 1030 g/mol. The fourth-order valence-electron chi connectivity index (χ4n) is 11.8. The lowest BCUT2D eigenvalue weighted by molar-refractivity contribution is -0.143. The summed E-state index contributed by atoms with van der Waals surface area (Å²) in [5.74, 6) is -0.0286. The number of hydrogen-bond acceptors (Lipinski definition) is 5. The van der Waals surface area contributed by atoms with Crippen LogP contribution in [-0.2, 0) is 14.3 Å². The molecule has 0 aromatic heterocycles. The monoisotopic (exact) mass is 1180 g/mol. The summed E-state index contributed by atoms with van der Waals surface area (Å²) in [6.45, 7) is 4.96. The van der Waals surface area contributed by atoms with E-state index in [9.17, 15) is 19.8 Å². The quantitative estimate of drug-likeness (QED) is 0.0320. The first-order valence-corrected chi connectivity index (χ1v) is 37.9. The van der Waals surface area contributed by atoms with Crippen LogP contribution in [0.4, 0.5) is 0 Å². The third-order valence-electron chi connectivity index (χ3n) is 17.6. The number of rotatable bonds is 71. The molecule has 0 aromatic rings. The lowest BCUT2D eigenvalue weighted by Crippen LogP contribution is -2.45. The molecule has 0 fully saturated rings. The van der Waals surface area contributed by atoms with E-state index in [1.807, 2.05) is 0 Å². The van der Waals surface area contributed by atoms with Crippen LogP contribution in [0.25, 0.3) is 0 Å². The number of esters is 1. The second-order valence-corrected chi connectivity index (χ2v) is 26.0. The van der Waals surface area contributed by atoms with Crippen molar-refractivity contribution in [2.24, 2.45) is 0 Å². The van der Waals surface area contributed by atoms with Crippen molar-refractivity contribution >= 4 is 11.9 Å². The van der Waals surface area contributed by atoms with E-state index >= 15 is 0 Å². The lowest BCUT2D eigenvalue weighted by Gasteiger charge is -2.22. The van der Waals surface area contributed by atoms with E-state index in [1.54, 1.807) is 0 Å². The van der Waals surface area contributed by atoms with Crippen LogP contribution in [0.3, 0.4) is 0 Å². The molecule has 84 heavy (non-hydrogen) atoms. The van der Waals surface area contributed by atoms with Gasteiger partial charge in [0.05, 0.1) is 25.4 Å². The number of carbonyl (C=O) groups excluding carboxylic acids is 2. The molecule has 0 aromatic carbocycles. The number of aliphatic hydroxyl groups is 2. The minimum atomic E-state index is -0.664. The number of ether oxygens (including phenoxy) is 1. The SMILES string of the molecule is CCCCCC/C=C\C/C=C\CCCCCCCC(=O)OCCCCCCCCCCC/C=C\C/C=C\CCCCCCCCCCCCCCCCCCCC(=O)NC(CO)C(O)CCCCCCCCCCCCCCCCCCCC. The highest BCUT2D eigenvalue weighted by Crippen LogP contribution is 2.19. The van der Waals surface area contributed by atoms with E-state index in [-0.39, 0.29) is 18.5 Å². The first-order chi connectivity index (χ1) is 41.5. The first-order valence-electron chi connectivity index (χ1n) is 37.9. The Labute approximate surface area is 525 Å². The van der Waals surface area contributed by atoms with Crippen molar-refractivity contribution in [1.29, 1.82) is 0 Å². The van der Waals surface area contributed by atoms with E-state index in [1.165, 1.54) is 321 Å². The molecule has 6 heteroatoms. The molecule has 6 nitrogen and oxygen atoms in total. The lowest BCUT2D eigenvalue weighted by atomic mass is 10.0. The van der Waals surface area contributed by atoms with Crippen LogP contribution in [0, 0.1) is 0 Å². The molecule has 0 saturated carbocycles. The number of carbonyl (C=O) groups is 2. The third-order valence-corrected chi connectivity index (χ3v) is 17.6. The summed E-state index contributed by atoms with van der Waals surface area (Å²) < 4.78 is 5.49. The van der Waals surface area contributed by atoms with Crippen LogP contribution >= 0.6 is 0 Å². The topological polar surface area (TPSA) is 95.9 Å².